The van der Waals surface area contributed by atoms with Crippen LogP contribution >= 0.6 is 0 Å². The Bertz CT molecular complexity index is 366. The van der Waals surface area contributed by atoms with Crippen LogP contribution in [0.2, 0.25) is 0 Å². The summed E-state index contributed by atoms with van der Waals surface area (Å²) < 4.78 is 5.81. The van der Waals surface area contributed by atoms with Gasteiger partial charge in [0, 0.05) is 12.5 Å². The highest BCUT2D eigenvalue weighted by molar-refractivity contribution is 5.80. The standard InChI is InChI=1S/C14H23NO4/c1-14(2)6-5-11(19-14)8-15-12(16)9-3-4-10(7-9)13(17)18/h9-11H,3-8H2,1-2H3,(H,15,16)(H,17,18)/t9-,10+,11-/m1/s1. The number of carboxylic acid groups (broad SMARTS) is 1. The maximum atomic E-state index is 12.0. The van der Waals surface area contributed by atoms with Crippen molar-refractivity contribution in [2.45, 2.75) is 57.7 Å². The molecule has 0 bridgehead atoms. The quantitative estimate of drug-likeness (QED) is 0.812. The molecule has 5 nitrogen and oxygen atoms in total. The fourth-order valence-electron chi connectivity index (χ4n) is 3.02. The molecule has 3 atom stereocenters. The second-order valence-electron chi connectivity index (χ2n) is 6.33. The molecule has 0 aromatic rings. The van der Waals surface area contributed by atoms with Crippen LogP contribution in [0.3, 0.4) is 0 Å². The topological polar surface area (TPSA) is 75.6 Å². The van der Waals surface area contributed by atoms with Crippen molar-refractivity contribution in [3.05, 3.63) is 0 Å². The van der Waals surface area contributed by atoms with Gasteiger partial charge in [-0.15, -0.1) is 0 Å². The minimum absolute atomic E-state index is 0.0166. The summed E-state index contributed by atoms with van der Waals surface area (Å²) in [5.41, 5.74) is -0.0862. The summed E-state index contributed by atoms with van der Waals surface area (Å²) in [6.45, 7) is 4.66. The summed E-state index contributed by atoms with van der Waals surface area (Å²) >= 11 is 0. The van der Waals surface area contributed by atoms with Gasteiger partial charge in [-0.2, -0.15) is 0 Å². The molecule has 1 heterocycles. The molecule has 108 valence electrons. The number of rotatable bonds is 4. The van der Waals surface area contributed by atoms with Crippen LogP contribution in [-0.2, 0) is 14.3 Å². The SMILES string of the molecule is CC1(C)CC[C@H](CNC(=O)[C@@H]2CC[C@H](C(=O)O)C2)O1. The number of carbonyl (C=O) groups excluding carboxylic acids is 1. The first kappa shape index (κ1) is 14.3. The van der Waals surface area contributed by atoms with Crippen molar-refractivity contribution in [1.82, 2.24) is 5.32 Å². The highest BCUT2D eigenvalue weighted by Crippen LogP contribution is 2.32. The minimum Gasteiger partial charge on any atom is -0.481 e. The molecule has 2 rings (SSSR count). The third-order valence-corrected chi connectivity index (χ3v) is 4.21. The maximum Gasteiger partial charge on any atom is 0.306 e. The van der Waals surface area contributed by atoms with Crippen LogP contribution in [0, 0.1) is 11.8 Å². The lowest BCUT2D eigenvalue weighted by Gasteiger charge is -2.20. The van der Waals surface area contributed by atoms with Crippen molar-refractivity contribution in [2.24, 2.45) is 11.8 Å². The average molecular weight is 269 g/mol. The van der Waals surface area contributed by atoms with Crippen LogP contribution in [0.25, 0.3) is 0 Å². The predicted octanol–water partition coefficient (Wildman–Crippen LogP) is 1.56. The number of carbonyl (C=O) groups is 2. The third-order valence-electron chi connectivity index (χ3n) is 4.21. The smallest absolute Gasteiger partial charge is 0.306 e. The van der Waals surface area contributed by atoms with Crippen molar-refractivity contribution in [3.8, 4) is 0 Å². The predicted molar refractivity (Wildman–Crippen MR) is 69.7 cm³/mol. The maximum absolute atomic E-state index is 12.0. The zero-order valence-corrected chi connectivity index (χ0v) is 11.6. The van der Waals surface area contributed by atoms with Crippen LogP contribution in [0.5, 0.6) is 0 Å². The molecule has 2 fully saturated rings. The summed E-state index contributed by atoms with van der Waals surface area (Å²) in [5, 5.41) is 11.8. The van der Waals surface area contributed by atoms with E-state index >= 15 is 0 Å². The van der Waals surface area contributed by atoms with Crippen LogP contribution in [0.1, 0.15) is 46.0 Å². The Kier molecular flexibility index (Phi) is 4.13. The first-order valence-electron chi connectivity index (χ1n) is 7.06. The molecule has 0 radical (unpaired) electrons. The molecular weight excluding hydrogens is 246 g/mol. The number of hydrogen-bond acceptors (Lipinski definition) is 3. The molecule has 1 saturated heterocycles. The van der Waals surface area contributed by atoms with E-state index in [2.05, 4.69) is 19.2 Å². The van der Waals surface area contributed by atoms with E-state index in [1.807, 2.05) is 0 Å². The Balaban J connectivity index is 1.72. The number of carboxylic acids is 1. The molecule has 5 heteroatoms. The number of hydrogen-bond donors (Lipinski definition) is 2. The lowest BCUT2D eigenvalue weighted by Crippen LogP contribution is -2.36. The van der Waals surface area contributed by atoms with E-state index in [1.54, 1.807) is 0 Å². The normalized spacial score (nSPS) is 33.3. The van der Waals surface area contributed by atoms with Crippen LogP contribution in [0.15, 0.2) is 0 Å². The lowest BCUT2D eigenvalue weighted by molar-refractivity contribution is -0.141. The van der Waals surface area contributed by atoms with Crippen molar-refractivity contribution in [3.63, 3.8) is 0 Å². The van der Waals surface area contributed by atoms with E-state index < -0.39 is 5.97 Å². The average Bonchev–Trinajstić information content (AvgIpc) is 2.92. The summed E-state index contributed by atoms with van der Waals surface area (Å²) in [6.07, 6.45) is 3.84. The van der Waals surface area contributed by atoms with Gasteiger partial charge in [-0.1, -0.05) is 0 Å². The Morgan fingerprint density at radius 1 is 1.26 bits per heavy atom. The lowest BCUT2D eigenvalue weighted by atomic mass is 10.0. The van der Waals surface area contributed by atoms with E-state index in [0.717, 1.165) is 12.8 Å². The first-order chi connectivity index (χ1) is 8.87. The molecule has 0 aromatic carbocycles. The fourth-order valence-corrected chi connectivity index (χ4v) is 3.02. The molecule has 0 spiro atoms. The zero-order chi connectivity index (χ0) is 14.0. The van der Waals surface area contributed by atoms with E-state index in [1.165, 1.54) is 0 Å². The minimum atomic E-state index is -0.781. The third kappa shape index (κ3) is 3.69. The van der Waals surface area contributed by atoms with Crippen molar-refractivity contribution < 1.29 is 19.4 Å². The monoisotopic (exact) mass is 269 g/mol. The molecule has 2 aliphatic rings. The highest BCUT2D eigenvalue weighted by Gasteiger charge is 2.35. The molecule has 0 unspecified atom stereocenters. The van der Waals surface area contributed by atoms with Crippen molar-refractivity contribution >= 4 is 11.9 Å². The Labute approximate surface area is 113 Å². The first-order valence-corrected chi connectivity index (χ1v) is 7.06. The summed E-state index contributed by atoms with van der Waals surface area (Å²) in [7, 11) is 0. The second-order valence-corrected chi connectivity index (χ2v) is 6.33. The van der Waals surface area contributed by atoms with Gasteiger partial charge in [0.05, 0.1) is 17.6 Å². The van der Waals surface area contributed by atoms with Gasteiger partial charge in [0.15, 0.2) is 0 Å². The van der Waals surface area contributed by atoms with Crippen LogP contribution in [-0.4, -0.2) is 35.2 Å². The van der Waals surface area contributed by atoms with Gasteiger partial charge in [0.2, 0.25) is 5.91 Å². The molecule has 1 aliphatic carbocycles. The molecule has 0 aromatic heterocycles. The van der Waals surface area contributed by atoms with Gasteiger partial charge in [-0.25, -0.2) is 0 Å². The van der Waals surface area contributed by atoms with E-state index in [9.17, 15) is 9.59 Å². The number of amides is 1. The van der Waals surface area contributed by atoms with Crippen molar-refractivity contribution in [1.29, 1.82) is 0 Å². The summed E-state index contributed by atoms with van der Waals surface area (Å²) in [6, 6.07) is 0. The van der Waals surface area contributed by atoms with Gasteiger partial charge < -0.3 is 15.2 Å². The Morgan fingerprint density at radius 2 is 1.95 bits per heavy atom. The Morgan fingerprint density at radius 3 is 2.47 bits per heavy atom. The molecule has 2 N–H and O–H groups in total. The second kappa shape index (κ2) is 5.49. The Hall–Kier alpha value is -1.10. The van der Waals surface area contributed by atoms with E-state index in [4.69, 9.17) is 9.84 Å². The van der Waals surface area contributed by atoms with Crippen molar-refractivity contribution in [2.75, 3.05) is 6.54 Å². The molecule has 1 aliphatic heterocycles. The van der Waals surface area contributed by atoms with Gasteiger partial charge in [0.1, 0.15) is 0 Å². The summed E-state index contributed by atoms with van der Waals surface area (Å²) in [4.78, 5) is 22.8. The largest absolute Gasteiger partial charge is 0.481 e. The van der Waals surface area contributed by atoms with Gasteiger partial charge in [-0.3, -0.25) is 9.59 Å². The number of nitrogens with one attached hydrogen (secondary N) is 1. The van der Waals surface area contributed by atoms with Gasteiger partial charge >= 0.3 is 5.97 Å². The van der Waals surface area contributed by atoms with E-state index in [-0.39, 0.29) is 29.4 Å². The number of ether oxygens (including phenoxy) is 1. The van der Waals surface area contributed by atoms with Gasteiger partial charge in [-0.05, 0) is 46.0 Å². The molecular formula is C14H23NO4. The molecule has 19 heavy (non-hydrogen) atoms. The van der Waals surface area contributed by atoms with Gasteiger partial charge in [0.25, 0.3) is 0 Å². The zero-order valence-electron chi connectivity index (χ0n) is 11.6. The summed E-state index contributed by atoms with van der Waals surface area (Å²) in [5.74, 6) is -1.29. The molecule has 1 saturated carbocycles. The van der Waals surface area contributed by atoms with E-state index in [0.29, 0.717) is 25.8 Å². The highest BCUT2D eigenvalue weighted by atomic mass is 16.5. The van der Waals surface area contributed by atoms with Crippen LogP contribution in [0.4, 0.5) is 0 Å². The number of aliphatic carboxylic acids is 1. The fraction of sp³-hybridized carbons (Fsp3) is 0.857. The molecule has 1 amide bonds. The van der Waals surface area contributed by atoms with Crippen LogP contribution < -0.4 is 5.32 Å².